The van der Waals surface area contributed by atoms with Crippen molar-refractivity contribution in [3.05, 3.63) is 58.2 Å². The van der Waals surface area contributed by atoms with Crippen LogP contribution in [0, 0.1) is 0 Å². The molecule has 24 heavy (non-hydrogen) atoms. The first-order valence-electron chi connectivity index (χ1n) is 7.54. The number of nitrogens with zero attached hydrogens (tertiary/aromatic N) is 2. The molecule has 1 saturated heterocycles. The van der Waals surface area contributed by atoms with E-state index in [1.807, 2.05) is 0 Å². The van der Waals surface area contributed by atoms with E-state index >= 15 is 0 Å². The fourth-order valence-corrected chi connectivity index (χ4v) is 3.02. The number of rotatable bonds is 3. The Kier molecular flexibility index (Phi) is 5.02. The predicted molar refractivity (Wildman–Crippen MR) is 93.4 cm³/mol. The van der Waals surface area contributed by atoms with E-state index in [-0.39, 0.29) is 11.8 Å². The monoisotopic (exact) mass is 363 g/mol. The van der Waals surface area contributed by atoms with Crippen LogP contribution in [0.4, 0.5) is 5.82 Å². The van der Waals surface area contributed by atoms with Crippen molar-refractivity contribution in [1.82, 2.24) is 9.88 Å². The summed E-state index contributed by atoms with van der Waals surface area (Å²) in [5, 5.41) is 3.45. The van der Waals surface area contributed by atoms with Gasteiger partial charge in [-0.2, -0.15) is 0 Å². The Hall–Kier alpha value is -2.11. The van der Waals surface area contributed by atoms with Crippen LogP contribution in [-0.4, -0.2) is 34.3 Å². The molecule has 124 valence electrons. The van der Waals surface area contributed by atoms with E-state index in [1.165, 1.54) is 6.07 Å². The fourth-order valence-electron chi connectivity index (χ4n) is 2.72. The molecule has 0 aliphatic carbocycles. The number of carbonyl (C=O) groups excluding carboxylic acids is 2. The van der Waals surface area contributed by atoms with Crippen LogP contribution in [0.25, 0.3) is 0 Å². The lowest BCUT2D eigenvalue weighted by atomic mass is 10.1. The molecule has 5 nitrogen and oxygen atoms in total. The molecule has 0 saturated carbocycles. The number of hydrogen-bond acceptors (Lipinski definition) is 3. The van der Waals surface area contributed by atoms with Crippen molar-refractivity contribution in [3.63, 3.8) is 0 Å². The van der Waals surface area contributed by atoms with Crippen molar-refractivity contribution >= 4 is 40.8 Å². The van der Waals surface area contributed by atoms with Gasteiger partial charge in [-0.25, -0.2) is 4.98 Å². The third-order valence-electron chi connectivity index (χ3n) is 3.90. The highest BCUT2D eigenvalue weighted by molar-refractivity contribution is 6.42. The second-order valence-electron chi connectivity index (χ2n) is 5.49. The summed E-state index contributed by atoms with van der Waals surface area (Å²) >= 11 is 11.9. The highest BCUT2D eigenvalue weighted by Gasteiger charge is 2.34. The van der Waals surface area contributed by atoms with Crippen LogP contribution >= 0.6 is 23.2 Å². The smallest absolute Gasteiger partial charge is 0.254 e. The molecule has 1 aromatic carbocycles. The molecule has 2 heterocycles. The molecule has 0 spiro atoms. The van der Waals surface area contributed by atoms with Crippen molar-refractivity contribution in [2.45, 2.75) is 18.9 Å². The Labute approximate surface area is 149 Å². The Morgan fingerprint density at radius 2 is 2.00 bits per heavy atom. The first kappa shape index (κ1) is 16.7. The van der Waals surface area contributed by atoms with E-state index in [0.29, 0.717) is 34.4 Å². The van der Waals surface area contributed by atoms with Crippen molar-refractivity contribution in [2.24, 2.45) is 0 Å². The van der Waals surface area contributed by atoms with Gasteiger partial charge < -0.3 is 10.2 Å². The molecule has 1 atom stereocenters. The number of carbonyl (C=O) groups is 2. The normalized spacial score (nSPS) is 16.9. The Balaban J connectivity index is 1.76. The largest absolute Gasteiger partial charge is 0.327 e. The quantitative estimate of drug-likeness (QED) is 0.905. The lowest BCUT2D eigenvalue weighted by molar-refractivity contribution is -0.119. The number of pyridine rings is 1. The SMILES string of the molecule is O=C(Nc1ccccn1)[C@H]1CCCN1C(=O)c1ccc(Cl)c(Cl)c1. The second kappa shape index (κ2) is 7.20. The van der Waals surface area contributed by atoms with Gasteiger partial charge >= 0.3 is 0 Å². The van der Waals surface area contributed by atoms with E-state index < -0.39 is 6.04 Å². The number of likely N-dealkylation sites (tertiary alicyclic amines) is 1. The molecule has 2 amide bonds. The molecule has 2 aromatic rings. The number of hydrogen-bond donors (Lipinski definition) is 1. The van der Waals surface area contributed by atoms with Crippen molar-refractivity contribution in [3.8, 4) is 0 Å². The Morgan fingerprint density at radius 1 is 1.17 bits per heavy atom. The average Bonchev–Trinajstić information content (AvgIpc) is 3.07. The van der Waals surface area contributed by atoms with Gasteiger partial charge in [0.15, 0.2) is 0 Å². The fraction of sp³-hybridized carbons (Fsp3) is 0.235. The summed E-state index contributed by atoms with van der Waals surface area (Å²) in [4.78, 5) is 30.8. The van der Waals surface area contributed by atoms with E-state index in [0.717, 1.165) is 6.42 Å². The lowest BCUT2D eigenvalue weighted by Gasteiger charge is -2.24. The van der Waals surface area contributed by atoms with E-state index in [1.54, 1.807) is 41.4 Å². The summed E-state index contributed by atoms with van der Waals surface area (Å²) in [5.41, 5.74) is 0.418. The second-order valence-corrected chi connectivity index (χ2v) is 6.30. The minimum absolute atomic E-state index is 0.229. The number of benzene rings is 1. The molecule has 3 rings (SSSR count). The Morgan fingerprint density at radius 3 is 2.71 bits per heavy atom. The van der Waals surface area contributed by atoms with Crippen LogP contribution in [-0.2, 0) is 4.79 Å². The first-order valence-corrected chi connectivity index (χ1v) is 8.30. The van der Waals surface area contributed by atoms with Gasteiger partial charge in [0, 0.05) is 18.3 Å². The van der Waals surface area contributed by atoms with Crippen molar-refractivity contribution < 1.29 is 9.59 Å². The lowest BCUT2D eigenvalue weighted by Crippen LogP contribution is -2.43. The number of anilines is 1. The number of nitrogens with one attached hydrogen (secondary N) is 1. The summed E-state index contributed by atoms with van der Waals surface area (Å²) in [6, 6.07) is 9.46. The molecule has 1 aromatic heterocycles. The Bertz CT molecular complexity index is 768. The van der Waals surface area contributed by atoms with Crippen LogP contribution in [0.3, 0.4) is 0 Å². The number of halogens is 2. The predicted octanol–water partition coefficient (Wildman–Crippen LogP) is 3.63. The molecule has 1 aliphatic heterocycles. The van der Waals surface area contributed by atoms with Crippen LogP contribution in [0.2, 0.25) is 10.0 Å². The minimum atomic E-state index is -0.519. The third-order valence-corrected chi connectivity index (χ3v) is 4.64. The standard InChI is InChI=1S/C17H15Cl2N3O2/c18-12-7-6-11(10-13(12)19)17(24)22-9-3-4-14(22)16(23)21-15-5-1-2-8-20-15/h1-2,5-8,10,14H,3-4,9H2,(H,20,21,23)/t14-/m1/s1. The topological polar surface area (TPSA) is 62.3 Å². The zero-order chi connectivity index (χ0) is 17.1. The summed E-state index contributed by atoms with van der Waals surface area (Å²) in [7, 11) is 0. The zero-order valence-corrected chi connectivity index (χ0v) is 14.2. The van der Waals surface area contributed by atoms with Crippen LogP contribution in [0.5, 0.6) is 0 Å². The maximum absolute atomic E-state index is 12.7. The van der Waals surface area contributed by atoms with Crippen molar-refractivity contribution in [1.29, 1.82) is 0 Å². The van der Waals surface area contributed by atoms with Gasteiger partial charge in [0.25, 0.3) is 5.91 Å². The molecule has 0 bridgehead atoms. The first-order chi connectivity index (χ1) is 11.6. The van der Waals surface area contributed by atoms with E-state index in [9.17, 15) is 9.59 Å². The van der Waals surface area contributed by atoms with E-state index in [4.69, 9.17) is 23.2 Å². The molecule has 1 aliphatic rings. The van der Waals surface area contributed by atoms with Gasteiger partial charge in [0.2, 0.25) is 5.91 Å². The summed E-state index contributed by atoms with van der Waals surface area (Å²) < 4.78 is 0. The van der Waals surface area contributed by atoms with Gasteiger partial charge in [-0.3, -0.25) is 9.59 Å². The number of aromatic nitrogens is 1. The molecule has 0 radical (unpaired) electrons. The summed E-state index contributed by atoms with van der Waals surface area (Å²) in [6.07, 6.45) is 2.99. The summed E-state index contributed by atoms with van der Waals surface area (Å²) in [5.74, 6) is 0.00295. The minimum Gasteiger partial charge on any atom is -0.327 e. The number of amides is 2. The third kappa shape index (κ3) is 3.52. The summed E-state index contributed by atoms with van der Waals surface area (Å²) in [6.45, 7) is 0.527. The van der Waals surface area contributed by atoms with Gasteiger partial charge in [-0.15, -0.1) is 0 Å². The highest BCUT2D eigenvalue weighted by atomic mass is 35.5. The van der Waals surface area contributed by atoms with Gasteiger partial charge in [-0.1, -0.05) is 29.3 Å². The van der Waals surface area contributed by atoms with Crippen LogP contribution < -0.4 is 5.32 Å². The molecule has 7 heteroatoms. The molecular weight excluding hydrogens is 349 g/mol. The molecule has 1 fully saturated rings. The van der Waals surface area contributed by atoms with Gasteiger partial charge in [-0.05, 0) is 43.2 Å². The molecular formula is C17H15Cl2N3O2. The molecule has 0 unspecified atom stereocenters. The van der Waals surface area contributed by atoms with Gasteiger partial charge in [0.1, 0.15) is 11.9 Å². The molecule has 1 N–H and O–H groups in total. The van der Waals surface area contributed by atoms with Crippen LogP contribution in [0.15, 0.2) is 42.6 Å². The average molecular weight is 364 g/mol. The zero-order valence-electron chi connectivity index (χ0n) is 12.7. The maximum Gasteiger partial charge on any atom is 0.254 e. The maximum atomic E-state index is 12.7. The van der Waals surface area contributed by atoms with Crippen molar-refractivity contribution in [2.75, 3.05) is 11.9 Å². The van der Waals surface area contributed by atoms with E-state index in [2.05, 4.69) is 10.3 Å². The highest BCUT2D eigenvalue weighted by Crippen LogP contribution is 2.26. The van der Waals surface area contributed by atoms with Crippen LogP contribution in [0.1, 0.15) is 23.2 Å². The van der Waals surface area contributed by atoms with Gasteiger partial charge in [0.05, 0.1) is 10.0 Å².